The normalized spacial score (nSPS) is 16.0. The van der Waals surface area contributed by atoms with Gasteiger partial charge in [-0.05, 0) is 80.3 Å². The monoisotopic (exact) mass is 484 g/mol. The number of rotatable bonds is 5. The molecule has 4 aromatic rings. The lowest BCUT2D eigenvalue weighted by atomic mass is 10.0. The van der Waals surface area contributed by atoms with Crippen LogP contribution in [0, 0.1) is 6.92 Å². The van der Waals surface area contributed by atoms with Crippen LogP contribution in [0.3, 0.4) is 0 Å². The van der Waals surface area contributed by atoms with Crippen LogP contribution in [0.4, 0.5) is 5.82 Å². The van der Waals surface area contributed by atoms with Crippen LogP contribution >= 0.6 is 0 Å². The molecule has 0 saturated heterocycles. The fourth-order valence-electron chi connectivity index (χ4n) is 4.68. The number of nitrogens with one attached hydrogen (secondary N) is 1. The van der Waals surface area contributed by atoms with Gasteiger partial charge in [0.15, 0.2) is 17.0 Å². The van der Waals surface area contributed by atoms with Gasteiger partial charge in [0.1, 0.15) is 17.3 Å². The highest BCUT2D eigenvalue weighted by Gasteiger charge is 2.20. The van der Waals surface area contributed by atoms with Gasteiger partial charge in [-0.3, -0.25) is 0 Å². The van der Waals surface area contributed by atoms with Gasteiger partial charge in [0.25, 0.3) is 0 Å². The van der Waals surface area contributed by atoms with Gasteiger partial charge < -0.3 is 25.1 Å². The minimum absolute atomic E-state index is 0.317. The molecule has 1 fully saturated rings. The van der Waals surface area contributed by atoms with Crippen LogP contribution in [-0.2, 0) is 19.5 Å². The molecular formula is C28H32N6O2. The molecule has 36 heavy (non-hydrogen) atoms. The quantitative estimate of drug-likeness (QED) is 0.415. The van der Waals surface area contributed by atoms with Crippen LogP contribution < -0.4 is 20.5 Å². The minimum Gasteiger partial charge on any atom is -0.463 e. The number of hydrogen-bond acceptors (Lipinski definition) is 7. The summed E-state index contributed by atoms with van der Waals surface area (Å²) in [5.41, 5.74) is 11.1. The fraction of sp³-hybridized carbons (Fsp3) is 0.393. The second kappa shape index (κ2) is 9.78. The predicted octanol–water partition coefficient (Wildman–Crippen LogP) is 4.91. The number of nitrogens with two attached hydrogens (primary N) is 1. The van der Waals surface area contributed by atoms with Crippen molar-refractivity contribution in [3.63, 3.8) is 0 Å². The Morgan fingerprint density at radius 2 is 1.92 bits per heavy atom. The number of nitrogens with zero attached hydrogens (tertiary/aromatic N) is 4. The summed E-state index contributed by atoms with van der Waals surface area (Å²) in [6.45, 7) is 4.07. The Labute approximate surface area is 210 Å². The third-order valence-electron chi connectivity index (χ3n) is 6.90. The Kier molecular flexibility index (Phi) is 6.19. The van der Waals surface area contributed by atoms with E-state index in [4.69, 9.17) is 15.2 Å². The van der Waals surface area contributed by atoms with Crippen LogP contribution in [0.15, 0.2) is 42.5 Å². The van der Waals surface area contributed by atoms with E-state index in [1.165, 1.54) is 24.0 Å². The molecule has 2 aliphatic rings. The molecule has 0 unspecified atom stereocenters. The highest BCUT2D eigenvalue weighted by molar-refractivity contribution is 5.82. The van der Waals surface area contributed by atoms with Gasteiger partial charge in [-0.1, -0.05) is 24.3 Å². The van der Waals surface area contributed by atoms with Crippen LogP contribution in [0.25, 0.3) is 11.2 Å². The molecule has 0 spiro atoms. The summed E-state index contributed by atoms with van der Waals surface area (Å²) in [6, 6.07) is 15.9. The summed E-state index contributed by atoms with van der Waals surface area (Å²) in [5, 5.41) is 3.56. The standard InChI is InChI=1S/C28H32N6O2/c1-18-31-25-26(29)32-28-33-27(25)34(18)17-20-8-13-24(21(15-20)5-3-2-4-14-35-28)36-23-11-6-19(7-12-23)16-30-22-9-10-22/h6-8,11-13,15,22,30H,2-5,9-10,14,16-17H2,1H3,(H2,29,32,33). The molecule has 1 saturated carbocycles. The summed E-state index contributed by atoms with van der Waals surface area (Å²) in [4.78, 5) is 13.5. The molecule has 0 radical (unpaired) electrons. The Balaban J connectivity index is 1.27. The molecule has 186 valence electrons. The fourth-order valence-corrected chi connectivity index (χ4v) is 4.68. The highest BCUT2D eigenvalue weighted by atomic mass is 16.5. The lowest BCUT2D eigenvalue weighted by molar-refractivity contribution is 0.283. The molecule has 2 aromatic heterocycles. The van der Waals surface area contributed by atoms with Crippen molar-refractivity contribution in [3.05, 3.63) is 65.0 Å². The number of benzene rings is 2. The first-order valence-electron chi connectivity index (χ1n) is 12.9. The van der Waals surface area contributed by atoms with E-state index in [0.29, 0.717) is 42.2 Å². The second-order valence-corrected chi connectivity index (χ2v) is 9.81. The molecule has 0 atom stereocenters. The van der Waals surface area contributed by atoms with Gasteiger partial charge in [-0.25, -0.2) is 4.98 Å². The maximum Gasteiger partial charge on any atom is 0.320 e. The average Bonchev–Trinajstić information content (AvgIpc) is 3.66. The Morgan fingerprint density at radius 3 is 2.75 bits per heavy atom. The van der Waals surface area contributed by atoms with Crippen molar-refractivity contribution in [3.8, 4) is 17.5 Å². The van der Waals surface area contributed by atoms with Gasteiger partial charge in [0, 0.05) is 12.6 Å². The first-order chi connectivity index (χ1) is 17.6. The van der Waals surface area contributed by atoms with E-state index in [-0.39, 0.29) is 0 Å². The largest absolute Gasteiger partial charge is 0.463 e. The van der Waals surface area contributed by atoms with Crippen molar-refractivity contribution in [2.24, 2.45) is 0 Å². The van der Waals surface area contributed by atoms with E-state index in [9.17, 15) is 0 Å². The lowest BCUT2D eigenvalue weighted by Gasteiger charge is -2.15. The van der Waals surface area contributed by atoms with Crippen LogP contribution in [-0.4, -0.2) is 32.2 Å². The number of ether oxygens (including phenoxy) is 2. The molecule has 3 heterocycles. The summed E-state index contributed by atoms with van der Waals surface area (Å²) in [7, 11) is 0. The van der Waals surface area contributed by atoms with Crippen molar-refractivity contribution in [2.75, 3.05) is 12.3 Å². The molecule has 2 aromatic carbocycles. The number of hydrogen-bond donors (Lipinski definition) is 2. The number of aryl methyl sites for hydroxylation is 2. The van der Waals surface area contributed by atoms with E-state index in [1.54, 1.807) is 0 Å². The maximum atomic E-state index is 6.37. The van der Waals surface area contributed by atoms with Gasteiger partial charge in [0.05, 0.1) is 13.2 Å². The Bertz CT molecular complexity index is 1380. The molecule has 1 aliphatic heterocycles. The van der Waals surface area contributed by atoms with Crippen molar-refractivity contribution in [1.82, 2.24) is 24.8 Å². The number of nitrogen functional groups attached to an aromatic ring is 1. The van der Waals surface area contributed by atoms with Crippen molar-refractivity contribution < 1.29 is 9.47 Å². The third kappa shape index (κ3) is 4.99. The molecule has 1 aliphatic carbocycles. The first-order valence-corrected chi connectivity index (χ1v) is 12.9. The molecule has 6 rings (SSSR count). The first kappa shape index (κ1) is 22.8. The van der Waals surface area contributed by atoms with Gasteiger partial charge >= 0.3 is 6.01 Å². The third-order valence-corrected chi connectivity index (χ3v) is 6.90. The van der Waals surface area contributed by atoms with Crippen molar-refractivity contribution >= 4 is 17.0 Å². The van der Waals surface area contributed by atoms with E-state index < -0.39 is 0 Å². The minimum atomic E-state index is 0.317. The van der Waals surface area contributed by atoms with Crippen molar-refractivity contribution in [2.45, 2.75) is 64.6 Å². The summed E-state index contributed by atoms with van der Waals surface area (Å²) in [5.74, 6) is 2.96. The van der Waals surface area contributed by atoms with Gasteiger partial charge in [-0.2, -0.15) is 9.97 Å². The molecule has 3 N–H and O–H groups in total. The molecule has 8 heteroatoms. The lowest BCUT2D eigenvalue weighted by Crippen LogP contribution is -2.14. The van der Waals surface area contributed by atoms with Crippen LogP contribution in [0.5, 0.6) is 17.5 Å². The summed E-state index contributed by atoms with van der Waals surface area (Å²) in [6.07, 6.45) is 6.55. The smallest absolute Gasteiger partial charge is 0.320 e. The van der Waals surface area contributed by atoms with Crippen molar-refractivity contribution in [1.29, 1.82) is 0 Å². The topological polar surface area (TPSA) is 100 Å². The molecule has 8 nitrogen and oxygen atoms in total. The number of aromatic nitrogens is 4. The zero-order valence-electron chi connectivity index (χ0n) is 20.7. The zero-order valence-corrected chi connectivity index (χ0v) is 20.7. The molecule has 0 amide bonds. The summed E-state index contributed by atoms with van der Waals surface area (Å²) < 4.78 is 14.3. The van der Waals surface area contributed by atoms with E-state index >= 15 is 0 Å². The number of imidazole rings is 1. The SMILES string of the molecule is Cc1nc2c(N)nc3nc2n1Cc1ccc(Oc2ccc(CNC4CC4)cc2)c(c1)CCCCCO3. The molecule has 4 bridgehead atoms. The van der Waals surface area contributed by atoms with Crippen LogP contribution in [0.1, 0.15) is 54.6 Å². The number of anilines is 1. The summed E-state index contributed by atoms with van der Waals surface area (Å²) >= 11 is 0. The molecular weight excluding hydrogens is 452 g/mol. The average molecular weight is 485 g/mol. The zero-order chi connectivity index (χ0) is 24.5. The maximum absolute atomic E-state index is 6.37. The van der Waals surface area contributed by atoms with E-state index in [0.717, 1.165) is 55.1 Å². The van der Waals surface area contributed by atoms with Gasteiger partial charge in [0.2, 0.25) is 0 Å². The highest BCUT2D eigenvalue weighted by Crippen LogP contribution is 2.30. The Morgan fingerprint density at radius 1 is 1.06 bits per heavy atom. The second-order valence-electron chi connectivity index (χ2n) is 9.81. The van der Waals surface area contributed by atoms with E-state index in [1.807, 2.05) is 6.92 Å². The van der Waals surface area contributed by atoms with Gasteiger partial charge in [-0.15, -0.1) is 0 Å². The Hall–Kier alpha value is -3.65. The van der Waals surface area contributed by atoms with E-state index in [2.05, 4.69) is 67.3 Å². The number of fused-ring (bicyclic) bond motifs is 3. The van der Waals surface area contributed by atoms with Crippen LogP contribution in [0.2, 0.25) is 0 Å². The predicted molar refractivity (Wildman–Crippen MR) is 139 cm³/mol.